The van der Waals surface area contributed by atoms with Crippen molar-refractivity contribution in [3.8, 4) is 0 Å². The van der Waals surface area contributed by atoms with E-state index in [-0.39, 0.29) is 24.1 Å². The Hall–Kier alpha value is -2.21. The lowest BCUT2D eigenvalue weighted by Gasteiger charge is -2.35. The molecule has 2 aromatic rings. The van der Waals surface area contributed by atoms with Crippen LogP contribution >= 0.6 is 11.3 Å². The van der Waals surface area contributed by atoms with Crippen LogP contribution < -0.4 is 5.32 Å². The summed E-state index contributed by atoms with van der Waals surface area (Å²) in [6.45, 7) is 2.58. The van der Waals surface area contributed by atoms with Crippen LogP contribution in [0.3, 0.4) is 0 Å². The van der Waals surface area contributed by atoms with Gasteiger partial charge in [-0.25, -0.2) is 4.39 Å². The molecule has 1 aromatic carbocycles. The second-order valence-corrected chi connectivity index (χ2v) is 6.72. The first-order valence-electron chi connectivity index (χ1n) is 8.00. The number of carbonyl (C=O) groups excluding carboxylic acids is 2. The predicted octanol–water partition coefficient (Wildman–Crippen LogP) is 3.15. The van der Waals surface area contributed by atoms with E-state index in [2.05, 4.69) is 23.7 Å². The SMILES string of the molecule is CCC1c2ccsc2CCN1C(=O)CNC(=O)c1ccccc1F. The number of hydrogen-bond donors (Lipinski definition) is 1. The largest absolute Gasteiger partial charge is 0.343 e. The molecular formula is C18H19FN2O2S. The molecule has 24 heavy (non-hydrogen) atoms. The minimum absolute atomic E-state index is 0.0453. The summed E-state index contributed by atoms with van der Waals surface area (Å²) in [5.74, 6) is -1.29. The quantitative estimate of drug-likeness (QED) is 0.924. The average Bonchev–Trinajstić information content (AvgIpc) is 3.07. The van der Waals surface area contributed by atoms with Crippen molar-refractivity contribution in [2.45, 2.75) is 25.8 Å². The monoisotopic (exact) mass is 346 g/mol. The van der Waals surface area contributed by atoms with Crippen LogP contribution in [-0.4, -0.2) is 29.8 Å². The summed E-state index contributed by atoms with van der Waals surface area (Å²) in [7, 11) is 0. The molecule has 2 heterocycles. The Morgan fingerprint density at radius 1 is 1.33 bits per heavy atom. The summed E-state index contributed by atoms with van der Waals surface area (Å²) in [5.41, 5.74) is 1.17. The average molecular weight is 346 g/mol. The van der Waals surface area contributed by atoms with E-state index >= 15 is 0 Å². The third kappa shape index (κ3) is 3.19. The van der Waals surface area contributed by atoms with Gasteiger partial charge in [0.05, 0.1) is 18.2 Å². The first kappa shape index (κ1) is 16.6. The molecule has 0 fully saturated rings. The lowest BCUT2D eigenvalue weighted by atomic mass is 9.98. The van der Waals surface area contributed by atoms with E-state index in [4.69, 9.17) is 0 Å². The first-order chi connectivity index (χ1) is 11.6. The summed E-state index contributed by atoms with van der Waals surface area (Å²) in [4.78, 5) is 27.7. The van der Waals surface area contributed by atoms with Crippen LogP contribution in [0.1, 0.15) is 40.2 Å². The standard InChI is InChI=1S/C18H19FN2O2S/c1-2-15-13-8-10-24-16(13)7-9-21(15)17(22)11-20-18(23)12-5-3-4-6-14(12)19/h3-6,8,10,15H,2,7,9,11H2,1H3,(H,20,23). The Morgan fingerprint density at radius 2 is 2.12 bits per heavy atom. The molecule has 1 aliphatic heterocycles. The Morgan fingerprint density at radius 3 is 2.88 bits per heavy atom. The molecule has 3 rings (SSSR count). The van der Waals surface area contributed by atoms with Crippen LogP contribution in [0.15, 0.2) is 35.7 Å². The molecule has 0 radical (unpaired) electrons. The highest BCUT2D eigenvalue weighted by Crippen LogP contribution is 2.35. The maximum atomic E-state index is 13.6. The van der Waals surface area contributed by atoms with Gasteiger partial charge in [0.15, 0.2) is 0 Å². The van der Waals surface area contributed by atoms with Crippen LogP contribution in [0.2, 0.25) is 0 Å². The number of hydrogen-bond acceptors (Lipinski definition) is 3. The van der Waals surface area contributed by atoms with Crippen LogP contribution in [-0.2, 0) is 11.2 Å². The van der Waals surface area contributed by atoms with Crippen molar-refractivity contribution in [1.82, 2.24) is 10.2 Å². The number of benzene rings is 1. The fraction of sp³-hybridized carbons (Fsp3) is 0.333. The maximum absolute atomic E-state index is 13.6. The number of carbonyl (C=O) groups is 2. The lowest BCUT2D eigenvalue weighted by molar-refractivity contribution is -0.133. The highest BCUT2D eigenvalue weighted by atomic mass is 32.1. The van der Waals surface area contributed by atoms with Crippen molar-refractivity contribution >= 4 is 23.2 Å². The first-order valence-corrected chi connectivity index (χ1v) is 8.88. The van der Waals surface area contributed by atoms with E-state index in [1.54, 1.807) is 17.4 Å². The normalized spacial score (nSPS) is 16.6. The van der Waals surface area contributed by atoms with Gasteiger partial charge in [0, 0.05) is 11.4 Å². The molecule has 6 heteroatoms. The third-order valence-corrected chi connectivity index (χ3v) is 5.32. The van der Waals surface area contributed by atoms with Gasteiger partial charge in [-0.2, -0.15) is 0 Å². The maximum Gasteiger partial charge on any atom is 0.254 e. The summed E-state index contributed by atoms with van der Waals surface area (Å²) in [6.07, 6.45) is 1.67. The number of rotatable bonds is 4. The van der Waals surface area contributed by atoms with E-state index in [9.17, 15) is 14.0 Å². The van der Waals surface area contributed by atoms with Gasteiger partial charge in [-0.05, 0) is 42.0 Å². The number of nitrogens with zero attached hydrogens (tertiary/aromatic N) is 1. The van der Waals surface area contributed by atoms with Crippen molar-refractivity contribution in [1.29, 1.82) is 0 Å². The minimum Gasteiger partial charge on any atom is -0.343 e. The molecule has 1 aromatic heterocycles. The van der Waals surface area contributed by atoms with Crippen molar-refractivity contribution < 1.29 is 14.0 Å². The van der Waals surface area contributed by atoms with Gasteiger partial charge in [-0.1, -0.05) is 19.1 Å². The summed E-state index contributed by atoms with van der Waals surface area (Å²) >= 11 is 1.73. The zero-order valence-electron chi connectivity index (χ0n) is 13.4. The van der Waals surface area contributed by atoms with E-state index < -0.39 is 11.7 Å². The van der Waals surface area contributed by atoms with Gasteiger partial charge in [0.1, 0.15) is 5.82 Å². The Bertz CT molecular complexity index is 759. The number of amides is 2. The number of halogens is 1. The topological polar surface area (TPSA) is 49.4 Å². The molecule has 4 nitrogen and oxygen atoms in total. The Balaban J connectivity index is 1.65. The van der Waals surface area contributed by atoms with Crippen molar-refractivity contribution in [3.05, 3.63) is 57.5 Å². The Kier molecular flexibility index (Phi) is 4.94. The molecule has 1 unspecified atom stereocenters. The fourth-order valence-electron chi connectivity index (χ4n) is 3.13. The summed E-state index contributed by atoms with van der Waals surface area (Å²) < 4.78 is 13.6. The minimum atomic E-state index is -0.588. The molecule has 2 amide bonds. The number of nitrogens with one attached hydrogen (secondary N) is 1. The predicted molar refractivity (Wildman–Crippen MR) is 91.5 cm³/mol. The molecular weight excluding hydrogens is 327 g/mol. The van der Waals surface area contributed by atoms with E-state index in [1.807, 2.05) is 4.90 Å². The van der Waals surface area contributed by atoms with Crippen molar-refractivity contribution in [2.24, 2.45) is 0 Å². The van der Waals surface area contributed by atoms with E-state index in [0.29, 0.717) is 6.54 Å². The molecule has 0 aliphatic carbocycles. The number of fused-ring (bicyclic) bond motifs is 1. The van der Waals surface area contributed by atoms with Gasteiger partial charge in [-0.15, -0.1) is 11.3 Å². The number of thiophene rings is 1. The van der Waals surface area contributed by atoms with Gasteiger partial charge < -0.3 is 10.2 Å². The van der Waals surface area contributed by atoms with Gasteiger partial charge in [0.2, 0.25) is 5.91 Å². The molecule has 0 bridgehead atoms. The van der Waals surface area contributed by atoms with Gasteiger partial charge in [0.25, 0.3) is 5.91 Å². The second kappa shape index (κ2) is 7.13. The molecule has 126 valence electrons. The highest BCUT2D eigenvalue weighted by molar-refractivity contribution is 7.10. The van der Waals surface area contributed by atoms with Crippen LogP contribution in [0, 0.1) is 5.82 Å². The third-order valence-electron chi connectivity index (χ3n) is 4.32. The lowest BCUT2D eigenvalue weighted by Crippen LogP contribution is -2.44. The van der Waals surface area contributed by atoms with Crippen LogP contribution in [0.5, 0.6) is 0 Å². The van der Waals surface area contributed by atoms with Gasteiger partial charge in [-0.3, -0.25) is 9.59 Å². The second-order valence-electron chi connectivity index (χ2n) is 5.72. The Labute approximate surface area is 144 Å². The molecule has 1 N–H and O–H groups in total. The highest BCUT2D eigenvalue weighted by Gasteiger charge is 2.30. The van der Waals surface area contributed by atoms with Crippen LogP contribution in [0.4, 0.5) is 4.39 Å². The van der Waals surface area contributed by atoms with Gasteiger partial charge >= 0.3 is 0 Å². The molecule has 0 saturated carbocycles. The molecule has 1 aliphatic rings. The summed E-state index contributed by atoms with van der Waals surface area (Å²) in [5, 5.41) is 4.59. The molecule has 0 saturated heterocycles. The van der Waals surface area contributed by atoms with Crippen molar-refractivity contribution in [3.63, 3.8) is 0 Å². The van der Waals surface area contributed by atoms with Crippen LogP contribution in [0.25, 0.3) is 0 Å². The zero-order valence-corrected chi connectivity index (χ0v) is 14.2. The van der Waals surface area contributed by atoms with Crippen molar-refractivity contribution in [2.75, 3.05) is 13.1 Å². The fourth-order valence-corrected chi connectivity index (χ4v) is 4.06. The summed E-state index contributed by atoms with van der Waals surface area (Å²) in [6, 6.07) is 7.88. The smallest absolute Gasteiger partial charge is 0.254 e. The van der Waals surface area contributed by atoms with E-state index in [0.717, 1.165) is 12.8 Å². The van der Waals surface area contributed by atoms with E-state index in [1.165, 1.54) is 28.6 Å². The molecule has 0 spiro atoms. The molecule has 1 atom stereocenters. The zero-order chi connectivity index (χ0) is 17.1.